The van der Waals surface area contributed by atoms with Crippen LogP contribution in [0.25, 0.3) is 10.9 Å². The van der Waals surface area contributed by atoms with Gasteiger partial charge in [-0.2, -0.15) is 4.31 Å². The fourth-order valence-corrected chi connectivity index (χ4v) is 5.03. The molecule has 1 aromatic carbocycles. The first kappa shape index (κ1) is 17.2. The first-order chi connectivity index (χ1) is 12.6. The van der Waals surface area contributed by atoms with Gasteiger partial charge in [-0.25, -0.2) is 8.42 Å². The number of pyridine rings is 1. The second kappa shape index (κ2) is 7.19. The molecule has 0 radical (unpaired) electrons. The molecule has 1 fully saturated rings. The van der Waals surface area contributed by atoms with Crippen molar-refractivity contribution in [3.63, 3.8) is 0 Å². The summed E-state index contributed by atoms with van der Waals surface area (Å²) in [6.45, 7) is 3.21. The van der Waals surface area contributed by atoms with Crippen molar-refractivity contribution in [2.75, 3.05) is 26.2 Å². The first-order valence-electron chi connectivity index (χ1n) is 8.73. The summed E-state index contributed by atoms with van der Waals surface area (Å²) in [4.78, 5) is 6.82. The van der Waals surface area contributed by atoms with Crippen LogP contribution in [0.15, 0.2) is 64.2 Å². The maximum Gasteiger partial charge on any atom is 0.245 e. The maximum atomic E-state index is 13.2. The summed E-state index contributed by atoms with van der Waals surface area (Å²) in [6.07, 6.45) is 4.09. The Labute approximate surface area is 153 Å². The minimum atomic E-state index is -3.58. The van der Waals surface area contributed by atoms with Crippen molar-refractivity contribution < 1.29 is 12.8 Å². The summed E-state index contributed by atoms with van der Waals surface area (Å²) in [5.41, 5.74) is 0.534. The lowest BCUT2D eigenvalue weighted by Gasteiger charge is -2.21. The van der Waals surface area contributed by atoms with Crippen molar-refractivity contribution in [2.24, 2.45) is 0 Å². The van der Waals surface area contributed by atoms with E-state index in [1.54, 1.807) is 28.9 Å². The highest BCUT2D eigenvalue weighted by Crippen LogP contribution is 2.25. The Morgan fingerprint density at radius 3 is 2.73 bits per heavy atom. The van der Waals surface area contributed by atoms with Crippen molar-refractivity contribution in [2.45, 2.75) is 17.9 Å². The van der Waals surface area contributed by atoms with Crippen molar-refractivity contribution in [1.82, 2.24) is 14.2 Å². The summed E-state index contributed by atoms with van der Waals surface area (Å²) in [5, 5.41) is 0.836. The summed E-state index contributed by atoms with van der Waals surface area (Å²) < 4.78 is 33.4. The number of hydrogen-bond acceptors (Lipinski definition) is 5. The minimum Gasteiger partial charge on any atom is -0.468 e. The predicted octanol–water partition coefficient (Wildman–Crippen LogP) is 2.72. The number of fused-ring (bicyclic) bond motifs is 1. The smallest absolute Gasteiger partial charge is 0.245 e. The van der Waals surface area contributed by atoms with E-state index in [1.807, 2.05) is 30.3 Å². The van der Waals surface area contributed by atoms with Gasteiger partial charge in [0.2, 0.25) is 10.0 Å². The van der Waals surface area contributed by atoms with Crippen LogP contribution < -0.4 is 0 Å². The number of aromatic nitrogens is 1. The lowest BCUT2D eigenvalue weighted by atomic mass is 10.2. The average Bonchev–Trinajstić information content (AvgIpc) is 3.04. The molecule has 26 heavy (non-hydrogen) atoms. The topological polar surface area (TPSA) is 66.7 Å². The molecule has 0 atom stereocenters. The van der Waals surface area contributed by atoms with Crippen LogP contribution in [0.4, 0.5) is 0 Å². The van der Waals surface area contributed by atoms with Crippen LogP contribution >= 0.6 is 0 Å². The van der Waals surface area contributed by atoms with Gasteiger partial charge >= 0.3 is 0 Å². The molecule has 1 saturated heterocycles. The van der Waals surface area contributed by atoms with Crippen LogP contribution in [0, 0.1) is 0 Å². The Kier molecular flexibility index (Phi) is 4.76. The molecule has 0 N–H and O–H groups in total. The van der Waals surface area contributed by atoms with Crippen molar-refractivity contribution in [3.05, 3.63) is 60.7 Å². The van der Waals surface area contributed by atoms with Gasteiger partial charge in [0.15, 0.2) is 0 Å². The molecule has 3 aromatic rings. The van der Waals surface area contributed by atoms with E-state index >= 15 is 0 Å². The Morgan fingerprint density at radius 1 is 1.00 bits per heavy atom. The lowest BCUT2D eigenvalue weighted by molar-refractivity contribution is 0.255. The molecular formula is C19H21N3O3S. The van der Waals surface area contributed by atoms with E-state index in [2.05, 4.69) is 9.88 Å². The molecule has 3 heterocycles. The molecule has 1 aliphatic heterocycles. The largest absolute Gasteiger partial charge is 0.468 e. The summed E-state index contributed by atoms with van der Waals surface area (Å²) in [6, 6.07) is 12.8. The van der Waals surface area contributed by atoms with Crippen molar-refractivity contribution in [1.29, 1.82) is 0 Å². The zero-order valence-electron chi connectivity index (χ0n) is 14.4. The number of nitrogens with zero attached hydrogens (tertiary/aromatic N) is 3. The molecule has 0 unspecified atom stereocenters. The molecule has 0 saturated carbocycles. The molecule has 7 heteroatoms. The molecule has 0 aliphatic carbocycles. The second-order valence-corrected chi connectivity index (χ2v) is 8.35. The van der Waals surface area contributed by atoms with E-state index in [-0.39, 0.29) is 4.90 Å². The number of furan rings is 1. The first-order valence-corrected chi connectivity index (χ1v) is 10.2. The van der Waals surface area contributed by atoms with Gasteiger partial charge in [-0.15, -0.1) is 0 Å². The number of benzene rings is 1. The summed E-state index contributed by atoms with van der Waals surface area (Å²) in [5.74, 6) is 0.902. The van der Waals surface area contributed by atoms with E-state index in [9.17, 15) is 8.42 Å². The average molecular weight is 371 g/mol. The monoisotopic (exact) mass is 371 g/mol. The van der Waals surface area contributed by atoms with Gasteiger partial charge in [0.05, 0.1) is 18.3 Å². The molecule has 0 amide bonds. The van der Waals surface area contributed by atoms with Crippen molar-refractivity contribution in [3.8, 4) is 0 Å². The molecule has 1 aliphatic rings. The van der Waals surface area contributed by atoms with Crippen LogP contribution in [0.2, 0.25) is 0 Å². The number of para-hydroxylation sites is 1. The van der Waals surface area contributed by atoms with Gasteiger partial charge < -0.3 is 4.42 Å². The van der Waals surface area contributed by atoms with Gasteiger partial charge in [-0.1, -0.05) is 18.2 Å². The highest BCUT2D eigenvalue weighted by Gasteiger charge is 2.28. The molecule has 6 nitrogen and oxygen atoms in total. The third kappa shape index (κ3) is 3.38. The molecule has 136 valence electrons. The summed E-state index contributed by atoms with van der Waals surface area (Å²) in [7, 11) is -3.58. The molecule has 0 spiro atoms. The SMILES string of the molecule is O=S(=O)(c1cccc2cccnc12)N1CCCN(Cc2ccco2)CC1. The predicted molar refractivity (Wildman–Crippen MR) is 99.1 cm³/mol. The van der Waals surface area contributed by atoms with E-state index in [4.69, 9.17) is 4.42 Å². The summed E-state index contributed by atoms with van der Waals surface area (Å²) >= 11 is 0. The van der Waals surface area contributed by atoms with E-state index in [1.165, 1.54) is 0 Å². The fourth-order valence-electron chi connectivity index (χ4n) is 3.39. The van der Waals surface area contributed by atoms with Crippen LogP contribution in [-0.4, -0.2) is 48.8 Å². The minimum absolute atomic E-state index is 0.287. The van der Waals surface area contributed by atoms with Gasteiger partial charge in [0.25, 0.3) is 0 Å². The standard InChI is InChI=1S/C19H21N3O3S/c23-26(24,18-8-1-5-16-6-2-9-20-19(16)18)22-11-4-10-21(12-13-22)15-17-7-3-14-25-17/h1-3,5-9,14H,4,10-13,15H2. The van der Waals surface area contributed by atoms with Crippen LogP contribution in [0.3, 0.4) is 0 Å². The van der Waals surface area contributed by atoms with Gasteiger partial charge in [0.1, 0.15) is 10.7 Å². The van der Waals surface area contributed by atoms with E-state index in [0.717, 1.165) is 24.1 Å². The number of sulfonamides is 1. The fraction of sp³-hybridized carbons (Fsp3) is 0.316. The van der Waals surface area contributed by atoms with Gasteiger partial charge in [-0.3, -0.25) is 9.88 Å². The van der Waals surface area contributed by atoms with E-state index < -0.39 is 10.0 Å². The quantitative estimate of drug-likeness (QED) is 0.705. The molecular weight excluding hydrogens is 350 g/mol. The normalized spacial score (nSPS) is 17.4. The maximum absolute atomic E-state index is 13.2. The zero-order valence-corrected chi connectivity index (χ0v) is 15.2. The highest BCUT2D eigenvalue weighted by molar-refractivity contribution is 7.89. The number of rotatable bonds is 4. The van der Waals surface area contributed by atoms with Crippen LogP contribution in [-0.2, 0) is 16.6 Å². The van der Waals surface area contributed by atoms with Crippen molar-refractivity contribution >= 4 is 20.9 Å². The Morgan fingerprint density at radius 2 is 1.88 bits per heavy atom. The third-order valence-electron chi connectivity index (χ3n) is 4.72. The number of hydrogen-bond donors (Lipinski definition) is 0. The van der Waals surface area contributed by atoms with E-state index in [0.29, 0.717) is 31.7 Å². The van der Waals surface area contributed by atoms with Gasteiger partial charge in [-0.05, 0) is 37.2 Å². The lowest BCUT2D eigenvalue weighted by Crippen LogP contribution is -2.35. The molecule has 4 rings (SSSR count). The molecule has 2 aromatic heterocycles. The second-order valence-electron chi connectivity index (χ2n) is 6.44. The third-order valence-corrected chi connectivity index (χ3v) is 6.65. The highest BCUT2D eigenvalue weighted by atomic mass is 32.2. The zero-order chi connectivity index (χ0) is 18.0. The Balaban J connectivity index is 1.56. The van der Waals surface area contributed by atoms with Gasteiger partial charge in [0, 0.05) is 31.2 Å². The molecule has 0 bridgehead atoms. The Hall–Kier alpha value is -2.22. The van der Waals surface area contributed by atoms with Crippen LogP contribution in [0.5, 0.6) is 0 Å². The Bertz CT molecular complexity index is 981. The van der Waals surface area contributed by atoms with Crippen LogP contribution in [0.1, 0.15) is 12.2 Å².